The van der Waals surface area contributed by atoms with Crippen molar-refractivity contribution in [3.8, 4) is 0 Å². The summed E-state index contributed by atoms with van der Waals surface area (Å²) in [5.74, 6) is -0.285. The molecule has 106 heavy (non-hydrogen) atoms. The van der Waals surface area contributed by atoms with Crippen LogP contribution in [0.5, 0.6) is 0 Å². The molecule has 1 rings (SSSR count). The van der Waals surface area contributed by atoms with Gasteiger partial charge in [0.25, 0.3) is 0 Å². The molecule has 1 aliphatic heterocycles. The standard InChI is InChI=1S/C24H46O2.C22H42O2.C20H38O2.C14H26O2.C8H14O2.C6H9NO/c1-4-5-6-7-8-9-10-11-12-13-14-15-16-17-18-19-20-21-22-26-24(25)23(2)3;1-4-5-6-7-8-9-10-11-12-13-14-15-16-17-18-19-20-24-22(23)21(2)3;1-4-5-6-7-8-9-10-11-12-13-14-15-16-17-18-22-20(21)19(2)3;1-12(2)10-8-6-5-7-9-11-16-14(15)13(3)4;1-4-5-6-10-8(9)7(2)3;1-2-7-5-3-4-6(7)8/h2,4-22H2,1,3H3;2,4-20H2,1,3H3;2,4-18H2,1,3H3;12H,3,5-11H2,1-2,4H3;2,4-6H2,1,3H3;2H,1,3-5H2. The topological polar surface area (TPSA) is 152 Å². The van der Waals surface area contributed by atoms with E-state index in [2.05, 4.69) is 81.0 Å². The average molecular weight is 1500 g/mol. The summed E-state index contributed by atoms with van der Waals surface area (Å²) >= 11 is 0. The summed E-state index contributed by atoms with van der Waals surface area (Å²) in [6.07, 6.45) is 77.8. The van der Waals surface area contributed by atoms with E-state index in [1.165, 1.54) is 315 Å². The van der Waals surface area contributed by atoms with Gasteiger partial charge in [0.2, 0.25) is 5.91 Å². The van der Waals surface area contributed by atoms with E-state index in [1.807, 2.05) is 0 Å². The Balaban J connectivity index is -0.000000399. The first-order chi connectivity index (χ1) is 51.1. The Kier molecular flexibility index (Phi) is 94.2. The summed E-state index contributed by atoms with van der Waals surface area (Å²) < 4.78 is 25.1. The van der Waals surface area contributed by atoms with Crippen LogP contribution in [0, 0.1) is 5.92 Å². The van der Waals surface area contributed by atoms with E-state index in [0.717, 1.165) is 63.8 Å². The third-order valence-electron chi connectivity index (χ3n) is 18.7. The first-order valence-electron chi connectivity index (χ1n) is 44.2. The van der Waals surface area contributed by atoms with Crippen molar-refractivity contribution < 1.29 is 52.5 Å². The Hall–Kier alpha value is -4.74. The molecule has 0 aromatic rings. The summed E-state index contributed by atoms with van der Waals surface area (Å²) in [4.78, 5) is 67.6. The normalized spacial score (nSPS) is 11.2. The van der Waals surface area contributed by atoms with Crippen LogP contribution in [0.1, 0.15) is 449 Å². The lowest BCUT2D eigenvalue weighted by molar-refractivity contribution is -0.139. The van der Waals surface area contributed by atoms with E-state index in [0.29, 0.717) is 67.3 Å². The highest BCUT2D eigenvalue weighted by molar-refractivity contribution is 5.88. The molecule has 0 spiro atoms. The fraction of sp³-hybridized carbons (Fsp3) is 0.809. The lowest BCUT2D eigenvalue weighted by Gasteiger charge is -2.05. The zero-order valence-corrected chi connectivity index (χ0v) is 72.1. The van der Waals surface area contributed by atoms with E-state index in [-0.39, 0.29) is 35.8 Å². The number of rotatable bonds is 68. The number of likely N-dealkylation sites (tertiary alicyclic amines) is 1. The number of ether oxygens (including phenoxy) is 5. The largest absolute Gasteiger partial charge is 0.462 e. The maximum Gasteiger partial charge on any atom is 0.333 e. The van der Waals surface area contributed by atoms with Crippen LogP contribution in [0.15, 0.2) is 73.5 Å². The van der Waals surface area contributed by atoms with Gasteiger partial charge in [-0.2, -0.15) is 0 Å². The minimum atomic E-state index is -0.284. The molecule has 0 saturated carbocycles. The third kappa shape index (κ3) is 95.3. The van der Waals surface area contributed by atoms with Crippen molar-refractivity contribution in [3.63, 3.8) is 0 Å². The number of hydrogen-bond acceptors (Lipinski definition) is 11. The molecule has 0 radical (unpaired) electrons. The van der Waals surface area contributed by atoms with E-state index in [9.17, 15) is 28.8 Å². The molecule has 0 bridgehead atoms. The summed E-state index contributed by atoms with van der Waals surface area (Å²) in [6, 6.07) is 0. The van der Waals surface area contributed by atoms with Gasteiger partial charge in [0.1, 0.15) is 0 Å². The van der Waals surface area contributed by atoms with Gasteiger partial charge in [-0.05, 0) is 85.3 Å². The molecule has 0 aromatic heterocycles. The molecule has 0 aliphatic carbocycles. The lowest BCUT2D eigenvalue weighted by Crippen LogP contribution is -2.16. The molecule has 0 N–H and O–H groups in total. The molecule has 12 heteroatoms. The van der Waals surface area contributed by atoms with Gasteiger partial charge in [0.15, 0.2) is 0 Å². The molecule has 0 unspecified atom stereocenters. The smallest absolute Gasteiger partial charge is 0.333 e. The highest BCUT2D eigenvalue weighted by Crippen LogP contribution is 2.19. The van der Waals surface area contributed by atoms with Crippen molar-refractivity contribution in [3.05, 3.63) is 73.5 Å². The molecular formula is C94H175NO11. The van der Waals surface area contributed by atoms with Crippen LogP contribution in [0.3, 0.4) is 0 Å². The second kappa shape index (κ2) is 90.9. The second-order valence-electron chi connectivity index (χ2n) is 30.7. The van der Waals surface area contributed by atoms with Crippen LogP contribution >= 0.6 is 0 Å². The SMILES string of the molecule is C=C(C)C(=O)OCCCC.C=C(C)C(=O)OCCCCCCCC(C)C.C=C(C)C(=O)OCCCCCCCCCCCCCCCC.C=C(C)C(=O)OCCCCCCCCCCCCCCCCCC.C=C(C)C(=O)OCCCCCCCCCCCCCCCCCCCC.C=CN1CCCC1=O. The minimum Gasteiger partial charge on any atom is -0.462 e. The Morgan fingerprint density at radius 3 is 0.613 bits per heavy atom. The molecule has 1 heterocycles. The Bertz CT molecular complexity index is 2080. The maximum atomic E-state index is 11.2. The lowest BCUT2D eigenvalue weighted by atomic mass is 10.0. The average Bonchev–Trinajstić information content (AvgIpc) is 1.81. The number of esters is 5. The van der Waals surface area contributed by atoms with Crippen molar-refractivity contribution in [2.24, 2.45) is 5.92 Å². The van der Waals surface area contributed by atoms with Crippen LogP contribution in [0.2, 0.25) is 0 Å². The molecule has 12 nitrogen and oxygen atoms in total. The molecule has 1 aliphatic rings. The second-order valence-corrected chi connectivity index (χ2v) is 30.7. The van der Waals surface area contributed by atoms with Crippen molar-refractivity contribution in [2.75, 3.05) is 39.6 Å². The summed E-state index contributed by atoms with van der Waals surface area (Å²) in [6.45, 7) is 46.6. The molecule has 0 atom stereocenters. The number of hydrogen-bond donors (Lipinski definition) is 0. The maximum absolute atomic E-state index is 11.2. The fourth-order valence-electron chi connectivity index (χ4n) is 11.6. The van der Waals surface area contributed by atoms with Crippen molar-refractivity contribution >= 4 is 35.8 Å². The molecular weight excluding hydrogens is 1320 g/mol. The van der Waals surface area contributed by atoms with E-state index in [1.54, 1.807) is 45.7 Å². The van der Waals surface area contributed by atoms with Crippen molar-refractivity contribution in [1.29, 1.82) is 0 Å². The monoisotopic (exact) mass is 1490 g/mol. The van der Waals surface area contributed by atoms with Gasteiger partial charge >= 0.3 is 29.8 Å². The van der Waals surface area contributed by atoms with Gasteiger partial charge in [-0.25, -0.2) is 24.0 Å². The van der Waals surface area contributed by atoms with Crippen LogP contribution < -0.4 is 0 Å². The van der Waals surface area contributed by atoms with Crippen LogP contribution in [0.25, 0.3) is 0 Å². The Morgan fingerprint density at radius 2 is 0.472 bits per heavy atom. The number of amides is 1. The molecule has 622 valence electrons. The van der Waals surface area contributed by atoms with Gasteiger partial charge < -0.3 is 28.6 Å². The van der Waals surface area contributed by atoms with Crippen LogP contribution in [0.4, 0.5) is 0 Å². The predicted molar refractivity (Wildman–Crippen MR) is 456 cm³/mol. The van der Waals surface area contributed by atoms with E-state index >= 15 is 0 Å². The third-order valence-corrected chi connectivity index (χ3v) is 18.7. The van der Waals surface area contributed by atoms with Crippen LogP contribution in [-0.2, 0) is 52.5 Å². The molecule has 1 fully saturated rings. The van der Waals surface area contributed by atoms with Crippen molar-refractivity contribution in [1.82, 2.24) is 4.90 Å². The first-order valence-corrected chi connectivity index (χ1v) is 44.2. The van der Waals surface area contributed by atoms with E-state index < -0.39 is 0 Å². The quantitative estimate of drug-likeness (QED) is 0.0248. The Labute approximate surface area is 657 Å². The number of unbranched alkanes of at least 4 members (excludes halogenated alkanes) is 50. The van der Waals surface area contributed by atoms with Gasteiger partial charge in [0, 0.05) is 40.8 Å². The zero-order valence-electron chi connectivity index (χ0n) is 72.1. The molecule has 0 aromatic carbocycles. The Morgan fingerprint density at radius 1 is 0.302 bits per heavy atom. The van der Waals surface area contributed by atoms with E-state index in [4.69, 9.17) is 23.7 Å². The number of carbonyl (C=O) groups is 6. The van der Waals surface area contributed by atoms with Gasteiger partial charge in [-0.15, -0.1) is 0 Å². The van der Waals surface area contributed by atoms with Crippen LogP contribution in [-0.4, -0.2) is 80.2 Å². The highest BCUT2D eigenvalue weighted by atomic mass is 16.5. The minimum absolute atomic E-state index is 0.208. The van der Waals surface area contributed by atoms with Gasteiger partial charge in [0.05, 0.1) is 33.0 Å². The first kappa shape index (κ1) is 110. The molecule has 1 saturated heterocycles. The van der Waals surface area contributed by atoms with Gasteiger partial charge in [-0.1, -0.05) is 408 Å². The molecule has 1 amide bonds. The fourth-order valence-corrected chi connectivity index (χ4v) is 11.6. The number of nitrogens with zero attached hydrogens (tertiary/aromatic N) is 1. The van der Waals surface area contributed by atoms with Gasteiger partial charge in [-0.3, -0.25) is 4.79 Å². The number of carbonyl (C=O) groups excluding carboxylic acids is 6. The summed E-state index contributed by atoms with van der Waals surface area (Å²) in [5, 5.41) is 0. The van der Waals surface area contributed by atoms with Crippen molar-refractivity contribution in [2.45, 2.75) is 449 Å². The summed E-state index contributed by atoms with van der Waals surface area (Å²) in [7, 11) is 0. The zero-order chi connectivity index (χ0) is 80.0. The summed E-state index contributed by atoms with van der Waals surface area (Å²) in [5.41, 5.74) is 2.43. The predicted octanol–water partition coefficient (Wildman–Crippen LogP) is 28.9. The highest BCUT2D eigenvalue weighted by Gasteiger charge is 2.16.